The average Bonchev–Trinajstić information content (AvgIpc) is 3.11. The van der Waals surface area contributed by atoms with E-state index in [2.05, 4.69) is 25.5 Å². The number of nitrogens with one attached hydrogen (secondary N) is 1. The number of rotatable bonds is 4. The van der Waals surface area contributed by atoms with Crippen molar-refractivity contribution >= 4 is 16.5 Å². The largest absolute Gasteiger partial charge is 0.346 e. The molecule has 2 fully saturated rings. The molecular weight excluding hydrogens is 232 g/mol. The Morgan fingerprint density at radius 1 is 1.35 bits per heavy atom. The highest BCUT2D eigenvalue weighted by atomic mass is 32.1. The van der Waals surface area contributed by atoms with Crippen molar-refractivity contribution in [2.24, 2.45) is 0 Å². The Morgan fingerprint density at radius 3 is 2.76 bits per heavy atom. The SMILES string of the molecule is CNCc1csc(N2CCN(C3CC3)CC2)n1. The summed E-state index contributed by atoms with van der Waals surface area (Å²) in [6, 6.07) is 0.910. The highest BCUT2D eigenvalue weighted by molar-refractivity contribution is 7.13. The van der Waals surface area contributed by atoms with Crippen LogP contribution >= 0.6 is 11.3 Å². The molecule has 1 aromatic rings. The molecule has 94 valence electrons. The average molecular weight is 252 g/mol. The second kappa shape index (κ2) is 4.92. The normalized spacial score (nSPS) is 22.1. The van der Waals surface area contributed by atoms with Gasteiger partial charge in [-0.1, -0.05) is 0 Å². The highest BCUT2D eigenvalue weighted by Gasteiger charge is 2.31. The van der Waals surface area contributed by atoms with E-state index in [1.165, 1.54) is 31.1 Å². The second-order valence-corrected chi connectivity index (χ2v) is 5.74. The zero-order chi connectivity index (χ0) is 11.7. The van der Waals surface area contributed by atoms with Gasteiger partial charge in [0.15, 0.2) is 5.13 Å². The molecular formula is C12H20N4S. The van der Waals surface area contributed by atoms with E-state index in [1.807, 2.05) is 7.05 Å². The molecule has 0 radical (unpaired) electrons. The topological polar surface area (TPSA) is 31.4 Å². The zero-order valence-electron chi connectivity index (χ0n) is 10.4. The van der Waals surface area contributed by atoms with Gasteiger partial charge in [-0.2, -0.15) is 0 Å². The van der Waals surface area contributed by atoms with Crippen molar-refractivity contribution in [3.05, 3.63) is 11.1 Å². The lowest BCUT2D eigenvalue weighted by atomic mass is 10.3. The smallest absolute Gasteiger partial charge is 0.185 e. The van der Waals surface area contributed by atoms with Gasteiger partial charge in [0.05, 0.1) is 5.69 Å². The molecule has 1 aromatic heterocycles. The molecule has 3 rings (SSSR count). The first-order valence-corrected chi connectivity index (χ1v) is 7.33. The molecule has 4 nitrogen and oxygen atoms in total. The van der Waals surface area contributed by atoms with E-state index >= 15 is 0 Å². The van der Waals surface area contributed by atoms with Crippen molar-refractivity contribution in [3.63, 3.8) is 0 Å². The molecule has 1 aliphatic heterocycles. The highest BCUT2D eigenvalue weighted by Crippen LogP contribution is 2.29. The van der Waals surface area contributed by atoms with Crippen molar-refractivity contribution in [3.8, 4) is 0 Å². The Morgan fingerprint density at radius 2 is 2.12 bits per heavy atom. The molecule has 0 aromatic carbocycles. The van der Waals surface area contributed by atoms with E-state index < -0.39 is 0 Å². The van der Waals surface area contributed by atoms with Gasteiger partial charge in [0.2, 0.25) is 0 Å². The lowest BCUT2D eigenvalue weighted by molar-refractivity contribution is 0.248. The summed E-state index contributed by atoms with van der Waals surface area (Å²) in [6.07, 6.45) is 2.84. The van der Waals surface area contributed by atoms with Crippen molar-refractivity contribution in [1.29, 1.82) is 0 Å². The van der Waals surface area contributed by atoms with Crippen LogP contribution in [0.3, 0.4) is 0 Å². The fraction of sp³-hybridized carbons (Fsp3) is 0.750. The lowest BCUT2D eigenvalue weighted by Crippen LogP contribution is -2.47. The summed E-state index contributed by atoms with van der Waals surface area (Å²) < 4.78 is 0. The molecule has 1 aliphatic carbocycles. The van der Waals surface area contributed by atoms with Gasteiger partial charge < -0.3 is 10.2 Å². The summed E-state index contributed by atoms with van der Waals surface area (Å²) in [7, 11) is 1.97. The summed E-state index contributed by atoms with van der Waals surface area (Å²) in [5, 5.41) is 6.51. The summed E-state index contributed by atoms with van der Waals surface area (Å²) >= 11 is 1.78. The van der Waals surface area contributed by atoms with Crippen LogP contribution < -0.4 is 10.2 Å². The third-order valence-corrected chi connectivity index (χ3v) is 4.50. The van der Waals surface area contributed by atoms with Gasteiger partial charge in [0.1, 0.15) is 0 Å². The first-order chi connectivity index (χ1) is 8.36. The minimum Gasteiger partial charge on any atom is -0.346 e. The Hall–Kier alpha value is -0.650. The van der Waals surface area contributed by atoms with Gasteiger partial charge in [-0.3, -0.25) is 4.90 Å². The molecule has 1 saturated heterocycles. The molecule has 0 bridgehead atoms. The maximum atomic E-state index is 4.67. The first-order valence-electron chi connectivity index (χ1n) is 6.45. The molecule has 1 N–H and O–H groups in total. The van der Waals surface area contributed by atoms with E-state index in [-0.39, 0.29) is 0 Å². The third-order valence-electron chi connectivity index (χ3n) is 3.55. The van der Waals surface area contributed by atoms with Crippen LogP contribution in [-0.4, -0.2) is 49.2 Å². The molecule has 0 spiro atoms. The molecule has 2 aliphatic rings. The fourth-order valence-corrected chi connectivity index (χ4v) is 3.30. The van der Waals surface area contributed by atoms with E-state index in [9.17, 15) is 0 Å². The molecule has 0 atom stereocenters. The molecule has 2 heterocycles. The van der Waals surface area contributed by atoms with Crippen LogP contribution in [0.15, 0.2) is 5.38 Å². The molecule has 0 unspecified atom stereocenters. The standard InChI is InChI=1S/C12H20N4S/c1-13-8-10-9-17-12(14-10)16-6-4-15(5-7-16)11-2-3-11/h9,11,13H,2-8H2,1H3. The number of piperazine rings is 1. The quantitative estimate of drug-likeness (QED) is 0.871. The van der Waals surface area contributed by atoms with Crippen LogP contribution in [0.2, 0.25) is 0 Å². The Kier molecular flexibility index (Phi) is 3.31. The van der Waals surface area contributed by atoms with Gasteiger partial charge in [0, 0.05) is 44.1 Å². The monoisotopic (exact) mass is 252 g/mol. The van der Waals surface area contributed by atoms with E-state index in [1.54, 1.807) is 11.3 Å². The molecule has 0 amide bonds. The minimum atomic E-state index is 0.874. The maximum absolute atomic E-state index is 4.67. The summed E-state index contributed by atoms with van der Waals surface area (Å²) in [6.45, 7) is 5.59. The van der Waals surface area contributed by atoms with Crippen molar-refractivity contribution in [2.75, 3.05) is 38.1 Å². The van der Waals surface area contributed by atoms with Crippen LogP contribution in [0.25, 0.3) is 0 Å². The van der Waals surface area contributed by atoms with Gasteiger partial charge in [-0.05, 0) is 19.9 Å². The Labute approximate surface area is 107 Å². The Balaban J connectivity index is 1.57. The van der Waals surface area contributed by atoms with E-state index in [0.717, 1.165) is 31.4 Å². The maximum Gasteiger partial charge on any atom is 0.185 e. The van der Waals surface area contributed by atoms with Crippen molar-refractivity contribution < 1.29 is 0 Å². The lowest BCUT2D eigenvalue weighted by Gasteiger charge is -2.34. The first kappa shape index (κ1) is 11.4. The zero-order valence-corrected chi connectivity index (χ0v) is 11.2. The number of hydrogen-bond donors (Lipinski definition) is 1. The van der Waals surface area contributed by atoms with Crippen molar-refractivity contribution in [1.82, 2.24) is 15.2 Å². The molecule has 17 heavy (non-hydrogen) atoms. The van der Waals surface area contributed by atoms with Crippen LogP contribution in [0, 0.1) is 0 Å². The summed E-state index contributed by atoms with van der Waals surface area (Å²) in [5.74, 6) is 0. The van der Waals surface area contributed by atoms with Crippen LogP contribution in [0.1, 0.15) is 18.5 Å². The van der Waals surface area contributed by atoms with Crippen molar-refractivity contribution in [2.45, 2.75) is 25.4 Å². The van der Waals surface area contributed by atoms with Gasteiger partial charge >= 0.3 is 0 Å². The van der Waals surface area contributed by atoms with E-state index in [4.69, 9.17) is 0 Å². The molecule has 1 saturated carbocycles. The number of anilines is 1. The number of hydrogen-bond acceptors (Lipinski definition) is 5. The number of aromatic nitrogens is 1. The van der Waals surface area contributed by atoms with Crippen LogP contribution in [-0.2, 0) is 6.54 Å². The number of nitrogens with zero attached hydrogens (tertiary/aromatic N) is 3. The third kappa shape index (κ3) is 2.61. The molecule has 5 heteroatoms. The van der Waals surface area contributed by atoms with Gasteiger partial charge in [-0.25, -0.2) is 4.98 Å². The van der Waals surface area contributed by atoms with Crippen LogP contribution in [0.4, 0.5) is 5.13 Å². The predicted molar refractivity (Wildman–Crippen MR) is 71.7 cm³/mol. The Bertz CT molecular complexity index is 366. The van der Waals surface area contributed by atoms with E-state index in [0.29, 0.717) is 0 Å². The fourth-order valence-electron chi connectivity index (χ4n) is 2.42. The van der Waals surface area contributed by atoms with Gasteiger partial charge in [-0.15, -0.1) is 11.3 Å². The minimum absolute atomic E-state index is 0.874. The van der Waals surface area contributed by atoms with Gasteiger partial charge in [0.25, 0.3) is 0 Å². The second-order valence-electron chi connectivity index (χ2n) is 4.91. The summed E-state index contributed by atoms with van der Waals surface area (Å²) in [4.78, 5) is 9.74. The number of thiazole rings is 1. The summed E-state index contributed by atoms with van der Waals surface area (Å²) in [5.41, 5.74) is 1.16. The van der Waals surface area contributed by atoms with Crippen LogP contribution in [0.5, 0.6) is 0 Å². The predicted octanol–water partition coefficient (Wildman–Crippen LogP) is 1.15.